The zero-order valence-electron chi connectivity index (χ0n) is 13.2. The molecule has 0 aliphatic carbocycles. The number of carbonyl (C=O) groups is 1. The fourth-order valence-corrected chi connectivity index (χ4v) is 2.64. The van der Waals surface area contributed by atoms with E-state index in [1.807, 2.05) is 53.4 Å². The van der Waals surface area contributed by atoms with Crippen LogP contribution < -0.4 is 5.32 Å². The summed E-state index contributed by atoms with van der Waals surface area (Å²) in [7, 11) is 0. The molecule has 0 aliphatic heterocycles. The Hall–Kier alpha value is -2.86. The highest BCUT2D eigenvalue weighted by Crippen LogP contribution is 2.14. The van der Waals surface area contributed by atoms with Crippen molar-refractivity contribution in [2.45, 2.75) is 25.6 Å². The fraction of sp³-hybridized carbons (Fsp3) is 0.222. The Morgan fingerprint density at radius 2 is 2.04 bits per heavy atom. The normalized spacial score (nSPS) is 12.0. The summed E-state index contributed by atoms with van der Waals surface area (Å²) in [6.07, 6.45) is 7.64. The molecule has 1 atom stereocenters. The molecular formula is C18H20N4O2. The molecule has 3 aromatic rings. The Bertz CT molecular complexity index is 766. The number of benzene rings is 1. The highest BCUT2D eigenvalue weighted by Gasteiger charge is 2.20. The molecule has 24 heavy (non-hydrogen) atoms. The number of amides is 1. The van der Waals surface area contributed by atoms with Crippen LogP contribution in [0.5, 0.6) is 0 Å². The minimum atomic E-state index is -0.346. The zero-order valence-corrected chi connectivity index (χ0v) is 13.2. The summed E-state index contributed by atoms with van der Waals surface area (Å²) < 4.78 is 1.89. The molecular weight excluding hydrogens is 304 g/mol. The molecule has 0 spiro atoms. The topological polar surface area (TPSA) is 82.9 Å². The summed E-state index contributed by atoms with van der Waals surface area (Å²) in [5.41, 5.74) is 2.70. The van der Waals surface area contributed by atoms with E-state index >= 15 is 0 Å². The maximum atomic E-state index is 12.7. The van der Waals surface area contributed by atoms with Crippen molar-refractivity contribution in [1.29, 1.82) is 0 Å². The SMILES string of the molecule is O=C(NCc1cccc(CO)c1)C(Cc1cnc[nH]1)n1cccc1. The van der Waals surface area contributed by atoms with Crippen LogP contribution >= 0.6 is 0 Å². The standard InChI is InChI=1S/C18H20N4O2/c23-12-15-5-3-4-14(8-15)10-20-18(24)17(22-6-1-2-7-22)9-16-11-19-13-21-16/h1-8,11,13,17,23H,9-10,12H2,(H,19,21)(H,20,24). The van der Waals surface area contributed by atoms with Gasteiger partial charge in [-0.05, 0) is 23.3 Å². The van der Waals surface area contributed by atoms with E-state index < -0.39 is 0 Å². The third-order valence-corrected chi connectivity index (χ3v) is 3.90. The van der Waals surface area contributed by atoms with Gasteiger partial charge < -0.3 is 20.0 Å². The van der Waals surface area contributed by atoms with Crippen molar-refractivity contribution in [3.05, 3.63) is 78.1 Å². The van der Waals surface area contributed by atoms with Gasteiger partial charge in [0.05, 0.1) is 12.9 Å². The second-order valence-electron chi connectivity index (χ2n) is 5.62. The van der Waals surface area contributed by atoms with Crippen molar-refractivity contribution in [2.24, 2.45) is 0 Å². The van der Waals surface area contributed by atoms with E-state index in [-0.39, 0.29) is 18.6 Å². The van der Waals surface area contributed by atoms with Crippen molar-refractivity contribution in [2.75, 3.05) is 0 Å². The monoisotopic (exact) mass is 324 g/mol. The van der Waals surface area contributed by atoms with Crippen LogP contribution in [0.3, 0.4) is 0 Å². The summed E-state index contributed by atoms with van der Waals surface area (Å²) in [5, 5.41) is 12.2. The Morgan fingerprint density at radius 1 is 1.25 bits per heavy atom. The van der Waals surface area contributed by atoms with E-state index in [4.69, 9.17) is 0 Å². The molecule has 1 unspecified atom stereocenters. The first kappa shape index (κ1) is 16.0. The molecule has 1 aromatic carbocycles. The number of nitrogens with zero attached hydrogens (tertiary/aromatic N) is 2. The van der Waals surface area contributed by atoms with Gasteiger partial charge >= 0.3 is 0 Å². The highest BCUT2D eigenvalue weighted by atomic mass is 16.3. The molecule has 0 saturated heterocycles. The minimum Gasteiger partial charge on any atom is -0.392 e. The van der Waals surface area contributed by atoms with Crippen molar-refractivity contribution < 1.29 is 9.90 Å². The molecule has 0 saturated carbocycles. The number of H-pyrrole nitrogens is 1. The number of aliphatic hydroxyl groups is 1. The van der Waals surface area contributed by atoms with E-state index in [1.165, 1.54) is 0 Å². The summed E-state index contributed by atoms with van der Waals surface area (Å²) in [5.74, 6) is -0.0600. The van der Waals surface area contributed by atoms with Gasteiger partial charge in [0.25, 0.3) is 0 Å². The molecule has 3 N–H and O–H groups in total. The summed E-state index contributed by atoms with van der Waals surface area (Å²) in [6.45, 7) is 0.418. The average molecular weight is 324 g/mol. The molecule has 0 bridgehead atoms. The molecule has 3 rings (SSSR count). The van der Waals surface area contributed by atoms with Crippen LogP contribution in [0, 0.1) is 0 Å². The third-order valence-electron chi connectivity index (χ3n) is 3.90. The van der Waals surface area contributed by atoms with Crippen molar-refractivity contribution >= 4 is 5.91 Å². The average Bonchev–Trinajstić information content (AvgIpc) is 3.31. The minimum absolute atomic E-state index is 0.00635. The van der Waals surface area contributed by atoms with Crippen LogP contribution in [-0.4, -0.2) is 25.5 Å². The number of hydrogen-bond donors (Lipinski definition) is 3. The summed E-state index contributed by atoms with van der Waals surface area (Å²) >= 11 is 0. The molecule has 0 aliphatic rings. The van der Waals surface area contributed by atoms with Crippen LogP contribution in [-0.2, 0) is 24.4 Å². The molecule has 6 heteroatoms. The first-order chi connectivity index (χ1) is 11.8. The predicted octanol–water partition coefficient (Wildman–Crippen LogP) is 1.80. The Balaban J connectivity index is 1.69. The lowest BCUT2D eigenvalue weighted by Gasteiger charge is -2.18. The Labute approximate surface area is 140 Å². The van der Waals surface area contributed by atoms with Crippen LogP contribution in [0.15, 0.2) is 61.3 Å². The molecule has 2 aromatic heterocycles. The van der Waals surface area contributed by atoms with Crippen LogP contribution in [0.2, 0.25) is 0 Å². The molecule has 6 nitrogen and oxygen atoms in total. The number of imidazole rings is 1. The van der Waals surface area contributed by atoms with E-state index in [1.54, 1.807) is 12.5 Å². The molecule has 0 fully saturated rings. The Kier molecular flexibility index (Phi) is 5.08. The van der Waals surface area contributed by atoms with Gasteiger partial charge in [0.2, 0.25) is 5.91 Å². The van der Waals surface area contributed by atoms with Gasteiger partial charge in [0.15, 0.2) is 0 Å². The van der Waals surface area contributed by atoms with Gasteiger partial charge in [0, 0.05) is 37.3 Å². The first-order valence-corrected chi connectivity index (χ1v) is 7.82. The van der Waals surface area contributed by atoms with Crippen molar-refractivity contribution in [3.63, 3.8) is 0 Å². The molecule has 1 amide bonds. The second-order valence-corrected chi connectivity index (χ2v) is 5.62. The van der Waals surface area contributed by atoms with Crippen LogP contribution in [0.25, 0.3) is 0 Å². The van der Waals surface area contributed by atoms with Gasteiger partial charge in [-0.25, -0.2) is 4.98 Å². The van der Waals surface area contributed by atoms with Crippen LogP contribution in [0.1, 0.15) is 22.9 Å². The van der Waals surface area contributed by atoms with E-state index in [0.29, 0.717) is 13.0 Å². The van der Waals surface area contributed by atoms with Gasteiger partial charge in [-0.15, -0.1) is 0 Å². The lowest BCUT2D eigenvalue weighted by Crippen LogP contribution is -2.33. The fourth-order valence-electron chi connectivity index (χ4n) is 2.64. The number of aromatic amines is 1. The number of aliphatic hydroxyl groups excluding tert-OH is 1. The maximum Gasteiger partial charge on any atom is 0.243 e. The summed E-state index contributed by atoms with van der Waals surface area (Å²) in [6, 6.07) is 11.0. The van der Waals surface area contributed by atoms with Crippen LogP contribution in [0.4, 0.5) is 0 Å². The largest absolute Gasteiger partial charge is 0.392 e. The number of carbonyl (C=O) groups excluding carboxylic acids is 1. The number of aromatic nitrogens is 3. The van der Waals surface area contributed by atoms with E-state index in [2.05, 4.69) is 15.3 Å². The molecule has 0 radical (unpaired) electrons. The smallest absolute Gasteiger partial charge is 0.243 e. The molecule has 2 heterocycles. The number of rotatable bonds is 7. The summed E-state index contributed by atoms with van der Waals surface area (Å²) in [4.78, 5) is 19.7. The van der Waals surface area contributed by atoms with Gasteiger partial charge in [-0.2, -0.15) is 0 Å². The molecule has 124 valence electrons. The Morgan fingerprint density at radius 3 is 2.75 bits per heavy atom. The van der Waals surface area contributed by atoms with Gasteiger partial charge in [-0.1, -0.05) is 24.3 Å². The zero-order chi connectivity index (χ0) is 16.8. The lowest BCUT2D eigenvalue weighted by molar-refractivity contribution is -0.124. The second kappa shape index (κ2) is 7.61. The third kappa shape index (κ3) is 3.91. The first-order valence-electron chi connectivity index (χ1n) is 7.82. The predicted molar refractivity (Wildman–Crippen MR) is 90.0 cm³/mol. The number of nitrogens with one attached hydrogen (secondary N) is 2. The number of hydrogen-bond acceptors (Lipinski definition) is 3. The van der Waals surface area contributed by atoms with Gasteiger partial charge in [0.1, 0.15) is 6.04 Å². The van der Waals surface area contributed by atoms with Crippen molar-refractivity contribution in [3.8, 4) is 0 Å². The maximum absolute atomic E-state index is 12.7. The van der Waals surface area contributed by atoms with E-state index in [0.717, 1.165) is 16.8 Å². The van der Waals surface area contributed by atoms with E-state index in [9.17, 15) is 9.90 Å². The lowest BCUT2D eigenvalue weighted by atomic mass is 10.1. The van der Waals surface area contributed by atoms with Crippen molar-refractivity contribution in [1.82, 2.24) is 19.9 Å². The quantitative estimate of drug-likeness (QED) is 0.620. The highest BCUT2D eigenvalue weighted by molar-refractivity contribution is 5.80. The van der Waals surface area contributed by atoms with Gasteiger partial charge in [-0.3, -0.25) is 4.79 Å².